The van der Waals surface area contributed by atoms with Crippen LogP contribution in [0.4, 0.5) is 0 Å². The molecule has 1 saturated heterocycles. The Kier molecular flexibility index (Phi) is 53.6. The van der Waals surface area contributed by atoms with Gasteiger partial charge in [-0.25, -0.2) is 4.18 Å². The van der Waals surface area contributed by atoms with Gasteiger partial charge in [0.15, 0.2) is 6.29 Å². The van der Waals surface area contributed by atoms with Gasteiger partial charge in [-0.05, 0) is 44.9 Å². The molecule has 1 aliphatic rings. The number of carbonyl (C=O) groups is 1. The second-order valence-corrected chi connectivity index (χ2v) is 24.1. The minimum atomic E-state index is -5.07. The zero-order chi connectivity index (χ0) is 56.7. The van der Waals surface area contributed by atoms with Crippen molar-refractivity contribution in [3.05, 3.63) is 24.3 Å². The van der Waals surface area contributed by atoms with E-state index in [0.717, 1.165) is 44.9 Å². The van der Waals surface area contributed by atoms with E-state index in [1.165, 1.54) is 250 Å². The standard InChI is InChI=1S/C65H124O12S/c1-3-5-7-9-11-13-15-17-19-21-23-25-27-29-31-33-35-37-39-41-43-45-47-49-51-53-55-73-57-59(58-74-65-63(69)64(77-78(70,71)72)62(68)60(56-66)76-65)75-61(67)54-52-50-48-46-44-42-40-38-36-34-32-30-28-26-24-22-20-18-16-14-12-10-8-6-4-2/h16,18,22,24,59-60,62-66,68-69H,3-15,17,19-21,23,25-58H2,1-2H3,(H,70,71,72)/b18-16-,24-22-. The number of aliphatic hydroxyl groups is 3. The van der Waals surface area contributed by atoms with Crippen molar-refractivity contribution >= 4 is 16.4 Å². The summed E-state index contributed by atoms with van der Waals surface area (Å²) in [6, 6.07) is 0. The lowest BCUT2D eigenvalue weighted by Gasteiger charge is -2.41. The quantitative estimate of drug-likeness (QED) is 0.0196. The smallest absolute Gasteiger partial charge is 0.397 e. The van der Waals surface area contributed by atoms with Crippen LogP contribution < -0.4 is 0 Å². The number of esters is 1. The van der Waals surface area contributed by atoms with Crippen LogP contribution in [0.15, 0.2) is 24.3 Å². The zero-order valence-electron chi connectivity index (χ0n) is 50.5. The zero-order valence-corrected chi connectivity index (χ0v) is 51.3. The molecule has 6 atom stereocenters. The van der Waals surface area contributed by atoms with Crippen LogP contribution >= 0.6 is 0 Å². The molecule has 0 aliphatic carbocycles. The van der Waals surface area contributed by atoms with Gasteiger partial charge in [0, 0.05) is 13.0 Å². The summed E-state index contributed by atoms with van der Waals surface area (Å²) in [5, 5.41) is 30.9. The highest BCUT2D eigenvalue weighted by Crippen LogP contribution is 2.26. The van der Waals surface area contributed by atoms with E-state index in [9.17, 15) is 33.1 Å². The van der Waals surface area contributed by atoms with Gasteiger partial charge in [0.1, 0.15) is 30.5 Å². The van der Waals surface area contributed by atoms with Crippen molar-refractivity contribution in [1.82, 2.24) is 0 Å². The molecule has 0 aromatic heterocycles. The molecule has 1 fully saturated rings. The second-order valence-electron chi connectivity index (χ2n) is 23.1. The molecule has 0 aromatic carbocycles. The molecule has 0 spiro atoms. The second kappa shape index (κ2) is 56.1. The molecule has 1 heterocycles. The summed E-state index contributed by atoms with van der Waals surface area (Å²) in [7, 11) is -5.07. The maximum absolute atomic E-state index is 13.0. The van der Waals surface area contributed by atoms with Crippen molar-refractivity contribution in [2.45, 2.75) is 359 Å². The number of hydrogen-bond acceptors (Lipinski definition) is 11. The van der Waals surface area contributed by atoms with Crippen LogP contribution in [0.5, 0.6) is 0 Å². The van der Waals surface area contributed by atoms with Gasteiger partial charge in [-0.15, -0.1) is 0 Å². The van der Waals surface area contributed by atoms with Gasteiger partial charge in [0.05, 0.1) is 19.8 Å². The SMILES string of the molecule is CCCCCCC/C=C\C/C=C\CCCCCCCCCCCCCCCC(=O)OC(COCCCCCCCCCCCCCCCCCCCCCCCCCCCC)COC1OC(CO)C(O)C(OS(=O)(=O)O)C1O. The van der Waals surface area contributed by atoms with Crippen molar-refractivity contribution in [2.75, 3.05) is 26.4 Å². The van der Waals surface area contributed by atoms with Gasteiger partial charge in [0.25, 0.3) is 0 Å². The predicted molar refractivity (Wildman–Crippen MR) is 322 cm³/mol. The molecular weight excluding hydrogens is 1000 g/mol. The molecule has 12 nitrogen and oxygen atoms in total. The Morgan fingerprint density at radius 2 is 0.846 bits per heavy atom. The first kappa shape index (κ1) is 74.6. The van der Waals surface area contributed by atoms with Crippen molar-refractivity contribution in [2.24, 2.45) is 0 Å². The van der Waals surface area contributed by atoms with Gasteiger partial charge >= 0.3 is 16.4 Å². The fraction of sp³-hybridized carbons (Fsp3) is 0.923. The van der Waals surface area contributed by atoms with Crippen molar-refractivity contribution < 1.29 is 56.2 Å². The third kappa shape index (κ3) is 48.1. The Morgan fingerprint density at radius 3 is 1.22 bits per heavy atom. The first-order chi connectivity index (χ1) is 38.1. The molecule has 1 rings (SSSR count). The summed E-state index contributed by atoms with van der Waals surface area (Å²) in [6.07, 6.45) is 60.9. The van der Waals surface area contributed by atoms with Crippen LogP contribution in [0.3, 0.4) is 0 Å². The van der Waals surface area contributed by atoms with Gasteiger partial charge in [-0.1, -0.05) is 295 Å². The molecule has 13 heteroatoms. The van der Waals surface area contributed by atoms with Crippen LogP contribution in [-0.4, -0.2) is 97.5 Å². The van der Waals surface area contributed by atoms with E-state index in [-0.39, 0.29) is 19.6 Å². The molecule has 0 aromatic rings. The molecule has 1 aliphatic heterocycles. The van der Waals surface area contributed by atoms with Crippen molar-refractivity contribution in [3.8, 4) is 0 Å². The van der Waals surface area contributed by atoms with Crippen LogP contribution in [0.1, 0.15) is 322 Å². The molecule has 0 radical (unpaired) electrons. The normalized spacial score (nSPS) is 18.5. The van der Waals surface area contributed by atoms with Gasteiger partial charge in [0.2, 0.25) is 0 Å². The summed E-state index contributed by atoms with van der Waals surface area (Å²) >= 11 is 0. The number of hydrogen-bond donors (Lipinski definition) is 4. The number of aliphatic hydroxyl groups excluding tert-OH is 3. The summed E-state index contributed by atoms with van der Waals surface area (Å²) in [5.41, 5.74) is 0. The van der Waals surface area contributed by atoms with Gasteiger partial charge < -0.3 is 34.3 Å². The van der Waals surface area contributed by atoms with E-state index >= 15 is 0 Å². The van der Waals surface area contributed by atoms with E-state index < -0.39 is 59.8 Å². The van der Waals surface area contributed by atoms with Crippen molar-refractivity contribution in [1.29, 1.82) is 0 Å². The number of rotatable bonds is 60. The van der Waals surface area contributed by atoms with E-state index in [0.29, 0.717) is 13.0 Å². The largest absolute Gasteiger partial charge is 0.457 e. The molecule has 0 amide bonds. The Labute approximate surface area is 480 Å². The summed E-state index contributed by atoms with van der Waals surface area (Å²) in [4.78, 5) is 13.0. The minimum absolute atomic E-state index is 0.0419. The monoisotopic (exact) mass is 1130 g/mol. The first-order valence-corrected chi connectivity index (χ1v) is 34.5. The molecule has 0 bridgehead atoms. The lowest BCUT2D eigenvalue weighted by molar-refractivity contribution is -0.301. The molecule has 0 saturated carbocycles. The van der Waals surface area contributed by atoms with Crippen LogP contribution in [0.25, 0.3) is 0 Å². The first-order valence-electron chi connectivity index (χ1n) is 33.1. The van der Waals surface area contributed by atoms with Crippen LogP contribution in [0.2, 0.25) is 0 Å². The molecule has 4 N–H and O–H groups in total. The van der Waals surface area contributed by atoms with Gasteiger partial charge in [-0.2, -0.15) is 8.42 Å². The highest BCUT2D eigenvalue weighted by molar-refractivity contribution is 7.80. The van der Waals surface area contributed by atoms with Gasteiger partial charge in [-0.3, -0.25) is 9.35 Å². The summed E-state index contributed by atoms with van der Waals surface area (Å²) in [6.45, 7) is 4.07. The van der Waals surface area contributed by atoms with E-state index in [1.54, 1.807) is 0 Å². The fourth-order valence-electron chi connectivity index (χ4n) is 10.6. The molecule has 6 unspecified atom stereocenters. The molecule has 78 heavy (non-hydrogen) atoms. The Bertz CT molecular complexity index is 1440. The highest BCUT2D eigenvalue weighted by Gasteiger charge is 2.48. The molecule has 462 valence electrons. The third-order valence-electron chi connectivity index (χ3n) is 15.6. The lowest BCUT2D eigenvalue weighted by atomic mass is 9.99. The maximum Gasteiger partial charge on any atom is 0.397 e. The van der Waals surface area contributed by atoms with Crippen molar-refractivity contribution in [3.63, 3.8) is 0 Å². The van der Waals surface area contributed by atoms with E-state index in [1.807, 2.05) is 0 Å². The van der Waals surface area contributed by atoms with Crippen LogP contribution in [0, 0.1) is 0 Å². The predicted octanol–water partition coefficient (Wildman–Crippen LogP) is 17.4. The highest BCUT2D eigenvalue weighted by atomic mass is 32.3. The van der Waals surface area contributed by atoms with E-state index in [4.69, 9.17) is 18.9 Å². The number of ether oxygens (including phenoxy) is 4. The molecular formula is C65H124O12S. The third-order valence-corrected chi connectivity index (χ3v) is 16.0. The van der Waals surface area contributed by atoms with E-state index in [2.05, 4.69) is 42.3 Å². The number of carbonyl (C=O) groups excluding carboxylic acids is 1. The Morgan fingerprint density at radius 1 is 0.487 bits per heavy atom. The minimum Gasteiger partial charge on any atom is -0.457 e. The fourth-order valence-corrected chi connectivity index (χ4v) is 11.1. The summed E-state index contributed by atoms with van der Waals surface area (Å²) < 4.78 is 59.6. The maximum atomic E-state index is 13.0. The van der Waals surface area contributed by atoms with Crippen LogP contribution in [-0.2, 0) is 38.3 Å². The average molecular weight is 1130 g/mol. The number of allylic oxidation sites excluding steroid dienone is 4. The average Bonchev–Trinajstić information content (AvgIpc) is 3.46. The summed E-state index contributed by atoms with van der Waals surface area (Å²) in [5.74, 6) is -0.392. The lowest BCUT2D eigenvalue weighted by Crippen LogP contribution is -2.60. The Hall–Kier alpha value is -1.42. The number of unbranched alkanes of at least 4 members (excludes halogenated alkanes) is 43. The topological polar surface area (TPSA) is 178 Å². The Balaban J connectivity index is 2.22.